The van der Waals surface area contributed by atoms with Crippen molar-refractivity contribution in [3.63, 3.8) is 0 Å². The Morgan fingerprint density at radius 3 is 2.73 bits per heavy atom. The van der Waals surface area contributed by atoms with Crippen LogP contribution in [0, 0.1) is 17.6 Å². The van der Waals surface area contributed by atoms with Crippen LogP contribution in [0.4, 0.5) is 14.5 Å². The summed E-state index contributed by atoms with van der Waals surface area (Å²) in [5.41, 5.74) is 5.75. The van der Waals surface area contributed by atoms with Gasteiger partial charge in [0.05, 0.1) is 4.90 Å². The van der Waals surface area contributed by atoms with Crippen LogP contribution in [-0.2, 0) is 0 Å². The number of hydrogen-bond acceptors (Lipinski definition) is 3. The smallest absolute Gasteiger partial charge is 0.174 e. The third-order valence-corrected chi connectivity index (χ3v) is 3.34. The molecule has 1 atom stereocenters. The Morgan fingerprint density at radius 1 is 1.47 bits per heavy atom. The van der Waals surface area contributed by atoms with E-state index in [4.69, 9.17) is 10.8 Å². The van der Waals surface area contributed by atoms with E-state index in [9.17, 15) is 8.78 Å². The third kappa shape index (κ3) is 3.07. The molecule has 2 nitrogen and oxygen atoms in total. The largest absolute Gasteiger partial charge is 0.398 e. The average molecular weight is 233 g/mol. The standard InChI is InChI=1S/C10H13F2NOS/c1-6(4-14)5-15-10-8(13)3-2-7(11)9(10)12/h2-3,6,14H,4-5,13H2,1H3. The van der Waals surface area contributed by atoms with Gasteiger partial charge in [-0.1, -0.05) is 6.92 Å². The third-order valence-electron chi connectivity index (χ3n) is 1.90. The zero-order valence-corrected chi connectivity index (χ0v) is 9.15. The lowest BCUT2D eigenvalue weighted by Crippen LogP contribution is -2.04. The van der Waals surface area contributed by atoms with Gasteiger partial charge in [0.15, 0.2) is 11.6 Å². The van der Waals surface area contributed by atoms with Crippen LogP contribution in [0.1, 0.15) is 6.92 Å². The maximum Gasteiger partial charge on any atom is 0.174 e. The van der Waals surface area contributed by atoms with E-state index in [-0.39, 0.29) is 23.1 Å². The minimum atomic E-state index is -0.912. The van der Waals surface area contributed by atoms with Gasteiger partial charge in [0.25, 0.3) is 0 Å². The van der Waals surface area contributed by atoms with E-state index in [2.05, 4.69) is 0 Å². The molecule has 0 saturated heterocycles. The lowest BCUT2D eigenvalue weighted by molar-refractivity contribution is 0.250. The van der Waals surface area contributed by atoms with E-state index in [1.165, 1.54) is 6.07 Å². The average Bonchev–Trinajstić information content (AvgIpc) is 2.23. The molecule has 0 bridgehead atoms. The van der Waals surface area contributed by atoms with Crippen LogP contribution in [0.2, 0.25) is 0 Å². The molecule has 15 heavy (non-hydrogen) atoms. The van der Waals surface area contributed by atoms with Crippen LogP contribution in [-0.4, -0.2) is 17.5 Å². The molecule has 0 aromatic heterocycles. The first kappa shape index (κ1) is 12.3. The number of nitrogen functional groups attached to an aromatic ring is 1. The summed E-state index contributed by atoms with van der Waals surface area (Å²) >= 11 is 1.12. The quantitative estimate of drug-likeness (QED) is 0.619. The zero-order chi connectivity index (χ0) is 11.4. The Labute approximate surface area is 91.5 Å². The topological polar surface area (TPSA) is 46.2 Å². The van der Waals surface area contributed by atoms with E-state index < -0.39 is 11.6 Å². The number of nitrogens with two attached hydrogens (primary N) is 1. The van der Waals surface area contributed by atoms with E-state index in [0.717, 1.165) is 17.8 Å². The summed E-state index contributed by atoms with van der Waals surface area (Å²) in [5, 5.41) is 8.79. The number of aliphatic hydroxyl groups is 1. The molecule has 0 aliphatic carbocycles. The van der Waals surface area contributed by atoms with Gasteiger partial charge in [-0.25, -0.2) is 8.78 Å². The molecule has 1 unspecified atom stereocenters. The highest BCUT2D eigenvalue weighted by Gasteiger charge is 2.13. The molecule has 0 spiro atoms. The summed E-state index contributed by atoms with van der Waals surface area (Å²) in [7, 11) is 0. The van der Waals surface area contributed by atoms with Crippen LogP contribution in [0.15, 0.2) is 17.0 Å². The fraction of sp³-hybridized carbons (Fsp3) is 0.400. The monoisotopic (exact) mass is 233 g/mol. The molecule has 1 aromatic rings. The predicted molar refractivity (Wildman–Crippen MR) is 57.7 cm³/mol. The molecule has 1 rings (SSSR count). The van der Waals surface area contributed by atoms with Crippen LogP contribution in [0.25, 0.3) is 0 Å². The molecule has 3 N–H and O–H groups in total. The second-order valence-electron chi connectivity index (χ2n) is 3.38. The lowest BCUT2D eigenvalue weighted by atomic mass is 10.2. The fourth-order valence-electron chi connectivity index (χ4n) is 0.972. The highest BCUT2D eigenvalue weighted by Crippen LogP contribution is 2.30. The zero-order valence-electron chi connectivity index (χ0n) is 8.34. The Balaban J connectivity index is 2.80. The summed E-state index contributed by atoms with van der Waals surface area (Å²) in [6, 6.07) is 2.34. The highest BCUT2D eigenvalue weighted by atomic mass is 32.2. The number of anilines is 1. The highest BCUT2D eigenvalue weighted by molar-refractivity contribution is 7.99. The van der Waals surface area contributed by atoms with Crippen LogP contribution >= 0.6 is 11.8 Å². The Hall–Kier alpha value is -0.810. The lowest BCUT2D eigenvalue weighted by Gasteiger charge is -2.10. The van der Waals surface area contributed by atoms with E-state index in [0.29, 0.717) is 5.75 Å². The number of rotatable bonds is 4. The first-order valence-electron chi connectivity index (χ1n) is 4.53. The van der Waals surface area contributed by atoms with Gasteiger partial charge in [0, 0.05) is 18.0 Å². The maximum absolute atomic E-state index is 13.3. The SMILES string of the molecule is CC(CO)CSc1c(N)ccc(F)c1F. The van der Waals surface area contributed by atoms with E-state index in [1.54, 1.807) is 0 Å². The molecule has 0 saturated carbocycles. The maximum atomic E-state index is 13.3. The molecule has 0 aliphatic rings. The van der Waals surface area contributed by atoms with Crippen molar-refractivity contribution in [1.82, 2.24) is 0 Å². The van der Waals surface area contributed by atoms with Gasteiger partial charge in [0.1, 0.15) is 0 Å². The van der Waals surface area contributed by atoms with Crippen molar-refractivity contribution in [3.8, 4) is 0 Å². The van der Waals surface area contributed by atoms with Gasteiger partial charge in [-0.3, -0.25) is 0 Å². The molecule has 1 aromatic carbocycles. The number of benzene rings is 1. The summed E-state index contributed by atoms with van der Waals surface area (Å²) in [4.78, 5) is 0.121. The van der Waals surface area contributed by atoms with Crippen molar-refractivity contribution < 1.29 is 13.9 Å². The van der Waals surface area contributed by atoms with Gasteiger partial charge >= 0.3 is 0 Å². The van der Waals surface area contributed by atoms with E-state index in [1.807, 2.05) is 6.92 Å². The van der Waals surface area contributed by atoms with Crippen LogP contribution in [0.3, 0.4) is 0 Å². The number of hydrogen-bond donors (Lipinski definition) is 2. The van der Waals surface area contributed by atoms with Crippen molar-refractivity contribution in [2.45, 2.75) is 11.8 Å². The van der Waals surface area contributed by atoms with Gasteiger partial charge in [0.2, 0.25) is 0 Å². The van der Waals surface area contributed by atoms with Gasteiger partial charge in [-0.2, -0.15) is 0 Å². The second kappa shape index (κ2) is 5.32. The molecule has 0 heterocycles. The van der Waals surface area contributed by atoms with E-state index >= 15 is 0 Å². The molecule has 0 amide bonds. The number of aliphatic hydroxyl groups excluding tert-OH is 1. The van der Waals surface area contributed by atoms with Crippen LogP contribution < -0.4 is 5.73 Å². The summed E-state index contributed by atoms with van der Waals surface area (Å²) in [5.74, 6) is -1.29. The summed E-state index contributed by atoms with van der Waals surface area (Å²) in [6.45, 7) is 1.84. The van der Waals surface area contributed by atoms with Gasteiger partial charge < -0.3 is 10.8 Å². The van der Waals surface area contributed by atoms with Crippen molar-refractivity contribution in [2.75, 3.05) is 18.1 Å². The molecule has 0 radical (unpaired) electrons. The summed E-state index contributed by atoms with van der Waals surface area (Å²) in [6.07, 6.45) is 0. The fourth-order valence-corrected chi connectivity index (χ4v) is 1.99. The molecule has 0 aliphatic heterocycles. The normalized spacial score (nSPS) is 12.8. The first-order chi connectivity index (χ1) is 7.06. The molecule has 0 fully saturated rings. The number of halogens is 2. The van der Waals surface area contributed by atoms with Crippen molar-refractivity contribution in [3.05, 3.63) is 23.8 Å². The Morgan fingerprint density at radius 2 is 2.13 bits per heavy atom. The number of thioether (sulfide) groups is 1. The van der Waals surface area contributed by atoms with Crippen molar-refractivity contribution in [2.24, 2.45) is 5.92 Å². The molecule has 84 valence electrons. The Kier molecular flexibility index (Phi) is 4.35. The summed E-state index contributed by atoms with van der Waals surface area (Å²) < 4.78 is 26.2. The minimum absolute atomic E-state index is 0.0177. The van der Waals surface area contributed by atoms with Crippen LogP contribution in [0.5, 0.6) is 0 Å². The predicted octanol–water partition coefficient (Wildman–Crippen LogP) is 2.27. The first-order valence-corrected chi connectivity index (χ1v) is 5.52. The van der Waals surface area contributed by atoms with Gasteiger partial charge in [-0.05, 0) is 18.1 Å². The van der Waals surface area contributed by atoms with Crippen molar-refractivity contribution in [1.29, 1.82) is 0 Å². The molecule has 5 heteroatoms. The second-order valence-corrected chi connectivity index (χ2v) is 4.41. The Bertz CT molecular complexity index is 346. The van der Waals surface area contributed by atoms with Crippen molar-refractivity contribution >= 4 is 17.4 Å². The molecular formula is C10H13F2NOS. The minimum Gasteiger partial charge on any atom is -0.398 e. The van der Waals surface area contributed by atoms with Gasteiger partial charge in [-0.15, -0.1) is 11.8 Å². The molecular weight excluding hydrogens is 220 g/mol.